The fourth-order valence-electron chi connectivity index (χ4n) is 2.23. The van der Waals surface area contributed by atoms with Gasteiger partial charge >= 0.3 is 11.9 Å². The van der Waals surface area contributed by atoms with Crippen molar-refractivity contribution >= 4 is 11.9 Å². The third kappa shape index (κ3) is 7.28. The second-order valence-corrected chi connectivity index (χ2v) is 5.94. The molecular weight excluding hydrogens is 387 g/mol. The van der Waals surface area contributed by atoms with Crippen LogP contribution in [0.15, 0.2) is 12.2 Å². The average molecular weight is 408 g/mol. The Morgan fingerprint density at radius 1 is 0.714 bits per heavy atom. The number of unbranched alkanes of at least 4 members (excludes halogenated alkanes) is 6. The third-order valence-electron chi connectivity index (χ3n) is 3.72. The molecule has 156 valence electrons. The van der Waals surface area contributed by atoms with Gasteiger partial charge in [-0.3, -0.25) is 0 Å². The van der Waals surface area contributed by atoms with E-state index >= 15 is 0 Å². The predicted octanol–water partition coefficient (Wildman–Crippen LogP) is 5.14. The standard InChI is InChI=1S/C19H21F5O4/c1-2-3-4-5-6-7-8-11-27-12(25)9-10-13(26)28-19-17(23)15(21)14(20)16(22)18(19)24/h9-10H,2-8,11H2,1H3/b10-9+. The first kappa shape index (κ1) is 23.6. The number of esters is 2. The van der Waals surface area contributed by atoms with Crippen LogP contribution in [0.4, 0.5) is 22.0 Å². The molecule has 9 heteroatoms. The molecule has 1 aromatic rings. The maximum Gasteiger partial charge on any atom is 0.336 e. The molecule has 0 heterocycles. The molecule has 0 saturated heterocycles. The summed E-state index contributed by atoms with van der Waals surface area (Å²) < 4.78 is 74.6. The van der Waals surface area contributed by atoms with Gasteiger partial charge in [0.25, 0.3) is 0 Å². The van der Waals surface area contributed by atoms with Crippen LogP contribution in [-0.4, -0.2) is 18.5 Å². The molecular formula is C19H21F5O4. The summed E-state index contributed by atoms with van der Waals surface area (Å²) in [6.07, 6.45) is 8.22. The largest absolute Gasteiger partial charge is 0.463 e. The topological polar surface area (TPSA) is 52.6 Å². The Morgan fingerprint density at radius 2 is 1.18 bits per heavy atom. The molecule has 0 aliphatic carbocycles. The third-order valence-corrected chi connectivity index (χ3v) is 3.72. The van der Waals surface area contributed by atoms with Crippen molar-refractivity contribution in [2.24, 2.45) is 0 Å². The minimum Gasteiger partial charge on any atom is -0.463 e. The van der Waals surface area contributed by atoms with Gasteiger partial charge in [0.15, 0.2) is 0 Å². The molecule has 0 saturated carbocycles. The lowest BCUT2D eigenvalue weighted by Gasteiger charge is -2.07. The maximum atomic E-state index is 13.4. The zero-order valence-electron chi connectivity index (χ0n) is 15.3. The molecule has 0 aliphatic heterocycles. The maximum absolute atomic E-state index is 13.4. The lowest BCUT2D eigenvalue weighted by Crippen LogP contribution is -2.12. The molecule has 0 amide bonds. The van der Waals surface area contributed by atoms with E-state index in [4.69, 9.17) is 4.74 Å². The van der Waals surface area contributed by atoms with E-state index in [-0.39, 0.29) is 6.61 Å². The molecule has 0 unspecified atom stereocenters. The zero-order chi connectivity index (χ0) is 21.1. The number of hydrogen-bond acceptors (Lipinski definition) is 4. The number of ether oxygens (including phenoxy) is 2. The Bertz CT molecular complexity index is 690. The fourth-order valence-corrected chi connectivity index (χ4v) is 2.23. The number of carbonyl (C=O) groups is 2. The van der Waals surface area contributed by atoms with Crippen molar-refractivity contribution in [3.63, 3.8) is 0 Å². The second-order valence-electron chi connectivity index (χ2n) is 5.94. The summed E-state index contributed by atoms with van der Waals surface area (Å²) in [5.74, 6) is -15.6. The van der Waals surface area contributed by atoms with Gasteiger partial charge in [0, 0.05) is 12.2 Å². The van der Waals surface area contributed by atoms with Crippen molar-refractivity contribution in [3.8, 4) is 5.75 Å². The SMILES string of the molecule is CCCCCCCCCOC(=O)/C=C/C(=O)Oc1c(F)c(F)c(F)c(F)c1F. The number of carbonyl (C=O) groups excluding carboxylic acids is 2. The van der Waals surface area contributed by atoms with E-state index in [1.807, 2.05) is 0 Å². The van der Waals surface area contributed by atoms with Gasteiger partial charge in [-0.25, -0.2) is 22.8 Å². The molecule has 0 aromatic heterocycles. The highest BCUT2D eigenvalue weighted by Crippen LogP contribution is 2.29. The summed E-state index contributed by atoms with van der Waals surface area (Å²) in [6, 6.07) is 0. The van der Waals surface area contributed by atoms with Crippen LogP contribution in [0, 0.1) is 29.1 Å². The minimum atomic E-state index is -2.38. The zero-order valence-corrected chi connectivity index (χ0v) is 15.3. The Labute approximate surface area is 159 Å². The van der Waals surface area contributed by atoms with E-state index in [0.29, 0.717) is 18.6 Å². The summed E-state index contributed by atoms with van der Waals surface area (Å²) in [5.41, 5.74) is 0. The van der Waals surface area contributed by atoms with E-state index in [1.165, 1.54) is 6.42 Å². The van der Waals surface area contributed by atoms with Gasteiger partial charge in [-0.1, -0.05) is 45.4 Å². The molecule has 1 aromatic carbocycles. The van der Waals surface area contributed by atoms with Crippen molar-refractivity contribution in [1.82, 2.24) is 0 Å². The monoisotopic (exact) mass is 408 g/mol. The first-order chi connectivity index (χ1) is 13.3. The predicted molar refractivity (Wildman–Crippen MR) is 90.0 cm³/mol. The van der Waals surface area contributed by atoms with Crippen molar-refractivity contribution in [1.29, 1.82) is 0 Å². The highest BCUT2D eigenvalue weighted by molar-refractivity contribution is 5.92. The van der Waals surface area contributed by atoms with Crippen molar-refractivity contribution < 1.29 is 41.0 Å². The van der Waals surface area contributed by atoms with Crippen LogP contribution in [0.1, 0.15) is 51.9 Å². The summed E-state index contributed by atoms with van der Waals surface area (Å²) >= 11 is 0. The van der Waals surface area contributed by atoms with Crippen LogP contribution < -0.4 is 4.74 Å². The summed E-state index contributed by atoms with van der Waals surface area (Å²) in [4.78, 5) is 22.9. The van der Waals surface area contributed by atoms with Crippen molar-refractivity contribution in [3.05, 3.63) is 41.2 Å². The van der Waals surface area contributed by atoms with E-state index < -0.39 is 46.8 Å². The van der Waals surface area contributed by atoms with Crippen LogP contribution in [-0.2, 0) is 14.3 Å². The van der Waals surface area contributed by atoms with E-state index in [1.54, 1.807) is 0 Å². The van der Waals surface area contributed by atoms with Crippen molar-refractivity contribution in [2.45, 2.75) is 51.9 Å². The molecule has 28 heavy (non-hydrogen) atoms. The van der Waals surface area contributed by atoms with Crippen LogP contribution in [0.25, 0.3) is 0 Å². The first-order valence-corrected chi connectivity index (χ1v) is 8.87. The molecule has 0 atom stereocenters. The van der Waals surface area contributed by atoms with E-state index in [0.717, 1.165) is 32.1 Å². The molecule has 1 rings (SSSR count). The number of halogens is 5. The molecule has 0 radical (unpaired) electrons. The normalized spacial score (nSPS) is 11.1. The smallest absolute Gasteiger partial charge is 0.336 e. The molecule has 0 N–H and O–H groups in total. The van der Waals surface area contributed by atoms with Crippen molar-refractivity contribution in [2.75, 3.05) is 6.61 Å². The Balaban J connectivity index is 2.43. The van der Waals surface area contributed by atoms with Gasteiger partial charge in [0.1, 0.15) is 0 Å². The van der Waals surface area contributed by atoms with E-state index in [9.17, 15) is 31.5 Å². The molecule has 4 nitrogen and oxygen atoms in total. The van der Waals surface area contributed by atoms with Crippen LogP contribution in [0.3, 0.4) is 0 Å². The molecule has 0 aliphatic rings. The highest BCUT2D eigenvalue weighted by atomic mass is 19.2. The Morgan fingerprint density at radius 3 is 1.75 bits per heavy atom. The molecule has 0 fully saturated rings. The van der Waals surface area contributed by atoms with Gasteiger partial charge in [0.2, 0.25) is 34.8 Å². The quantitative estimate of drug-likeness (QED) is 0.0968. The molecule has 0 spiro atoms. The van der Waals surface area contributed by atoms with Crippen LogP contribution >= 0.6 is 0 Å². The lowest BCUT2D eigenvalue weighted by atomic mass is 10.1. The number of benzene rings is 1. The van der Waals surface area contributed by atoms with Crippen LogP contribution in [0.2, 0.25) is 0 Å². The summed E-state index contributed by atoms with van der Waals surface area (Å²) in [5, 5.41) is 0. The highest BCUT2D eigenvalue weighted by Gasteiger charge is 2.28. The Kier molecular flexibility index (Phi) is 10.2. The fraction of sp³-hybridized carbons (Fsp3) is 0.474. The molecule has 0 bridgehead atoms. The minimum absolute atomic E-state index is 0.129. The van der Waals surface area contributed by atoms with Crippen LogP contribution in [0.5, 0.6) is 5.75 Å². The lowest BCUT2D eigenvalue weighted by molar-refractivity contribution is -0.138. The van der Waals surface area contributed by atoms with Gasteiger partial charge in [-0.2, -0.15) is 8.78 Å². The first-order valence-electron chi connectivity index (χ1n) is 8.87. The number of hydrogen-bond donors (Lipinski definition) is 0. The van der Waals surface area contributed by atoms with Gasteiger partial charge < -0.3 is 9.47 Å². The Hall–Kier alpha value is -2.45. The van der Waals surface area contributed by atoms with Gasteiger partial charge in [0.05, 0.1) is 6.61 Å². The average Bonchev–Trinajstić information content (AvgIpc) is 2.68. The number of rotatable bonds is 11. The van der Waals surface area contributed by atoms with Gasteiger partial charge in [-0.05, 0) is 6.42 Å². The summed E-state index contributed by atoms with van der Waals surface area (Å²) in [6.45, 7) is 2.25. The second kappa shape index (κ2) is 12.1. The van der Waals surface area contributed by atoms with Gasteiger partial charge in [-0.15, -0.1) is 0 Å². The summed E-state index contributed by atoms with van der Waals surface area (Å²) in [7, 11) is 0. The van der Waals surface area contributed by atoms with E-state index in [2.05, 4.69) is 11.7 Å².